The summed E-state index contributed by atoms with van der Waals surface area (Å²) in [6, 6.07) is 11.4. The summed E-state index contributed by atoms with van der Waals surface area (Å²) in [6.07, 6.45) is -4.71. The van der Waals surface area contributed by atoms with Gasteiger partial charge in [-0.05, 0) is 49.7 Å². The topological polar surface area (TPSA) is 97.4 Å². The second-order valence-electron chi connectivity index (χ2n) is 9.34. The quantitative estimate of drug-likeness (QED) is 0.171. The summed E-state index contributed by atoms with van der Waals surface area (Å²) in [4.78, 5) is 36.2. The van der Waals surface area contributed by atoms with Gasteiger partial charge in [0, 0.05) is 11.5 Å². The van der Waals surface area contributed by atoms with Crippen molar-refractivity contribution in [1.82, 2.24) is 0 Å². The largest absolute Gasteiger partial charge is 0.466 e. The molecule has 0 aromatic heterocycles. The van der Waals surface area contributed by atoms with Gasteiger partial charge >= 0.3 is 24.1 Å². The lowest BCUT2D eigenvalue weighted by molar-refractivity contribution is -0.209. The molecule has 0 radical (unpaired) electrons. The molecule has 0 unspecified atom stereocenters. The summed E-state index contributed by atoms with van der Waals surface area (Å²) < 4.78 is 65.6. The number of alkyl halides is 3. The zero-order chi connectivity index (χ0) is 29.1. The molecule has 1 fully saturated rings. The maximum atomic E-state index is 13.2. The van der Waals surface area contributed by atoms with Gasteiger partial charge in [-0.25, -0.2) is 9.59 Å². The van der Waals surface area contributed by atoms with Crippen molar-refractivity contribution < 1.29 is 51.2 Å². The lowest BCUT2D eigenvalue weighted by atomic mass is 10.0. The van der Waals surface area contributed by atoms with Crippen LogP contribution < -0.4 is 4.74 Å². The molecule has 218 valence electrons. The third-order valence-corrected chi connectivity index (χ3v) is 6.17. The Labute approximate surface area is 230 Å². The van der Waals surface area contributed by atoms with Crippen molar-refractivity contribution in [2.24, 2.45) is 5.92 Å². The Morgan fingerprint density at radius 2 is 1.50 bits per heavy atom. The summed E-state index contributed by atoms with van der Waals surface area (Å²) in [5.41, 5.74) is 0.807. The Bertz CT molecular complexity index is 1110. The molecule has 1 saturated heterocycles. The van der Waals surface area contributed by atoms with Crippen molar-refractivity contribution in [1.29, 1.82) is 0 Å². The molecule has 0 N–H and O–H groups in total. The van der Waals surface area contributed by atoms with E-state index in [0.29, 0.717) is 19.1 Å². The minimum Gasteiger partial charge on any atom is -0.466 e. The number of halogens is 3. The van der Waals surface area contributed by atoms with E-state index in [4.69, 9.17) is 14.2 Å². The number of rotatable bonds is 12. The first-order chi connectivity index (χ1) is 19.1. The van der Waals surface area contributed by atoms with Crippen LogP contribution in [0.3, 0.4) is 0 Å². The van der Waals surface area contributed by atoms with E-state index in [0.717, 1.165) is 37.0 Å². The van der Waals surface area contributed by atoms with E-state index in [2.05, 4.69) is 16.4 Å². The first-order valence-corrected chi connectivity index (χ1v) is 13.2. The van der Waals surface area contributed by atoms with Crippen molar-refractivity contribution >= 4 is 17.9 Å². The van der Waals surface area contributed by atoms with Crippen LogP contribution in [0.1, 0.15) is 78.5 Å². The SMILES string of the molecule is CCCCCC1COC(c2ccc(C(=O)Oc3ccc(C(=O)O[C@H](CC(=O)OCC)C(F)(F)F)cc3)cc2)OC1. The standard InChI is InChI=1S/C29H33F3O8/c1-3-5-6-7-19-17-37-28(38-18-19)22-10-8-20(9-11-22)26(34)39-23-14-12-21(13-15-23)27(35)40-24(29(30,31)32)16-25(33)36-4-2/h8-15,19,24,28H,3-7,16-18H2,1-2H3/t19?,24-,28?/m1/s1. The number of unbranched alkanes of at least 4 members (excludes halogenated alkanes) is 2. The number of hydrogen-bond acceptors (Lipinski definition) is 8. The van der Waals surface area contributed by atoms with Gasteiger partial charge in [-0.1, -0.05) is 38.3 Å². The Hall–Kier alpha value is -3.44. The third kappa shape index (κ3) is 9.34. The van der Waals surface area contributed by atoms with Crippen LogP contribution in [0, 0.1) is 5.92 Å². The van der Waals surface area contributed by atoms with Crippen LogP contribution in [0.15, 0.2) is 48.5 Å². The van der Waals surface area contributed by atoms with Gasteiger partial charge in [0.15, 0.2) is 6.29 Å². The number of hydrogen-bond donors (Lipinski definition) is 0. The Morgan fingerprint density at radius 1 is 0.900 bits per heavy atom. The lowest BCUT2D eigenvalue weighted by Crippen LogP contribution is -2.36. The first-order valence-electron chi connectivity index (χ1n) is 13.2. The lowest BCUT2D eigenvalue weighted by Gasteiger charge is -2.29. The summed E-state index contributed by atoms with van der Waals surface area (Å²) in [5, 5.41) is 0. The normalized spacial score (nSPS) is 18.0. The van der Waals surface area contributed by atoms with Crippen LogP contribution in [-0.2, 0) is 23.7 Å². The zero-order valence-corrected chi connectivity index (χ0v) is 22.4. The van der Waals surface area contributed by atoms with Gasteiger partial charge in [-0.3, -0.25) is 4.79 Å². The van der Waals surface area contributed by atoms with Crippen molar-refractivity contribution in [3.05, 3.63) is 65.2 Å². The number of esters is 3. The van der Waals surface area contributed by atoms with Crippen molar-refractivity contribution in [3.8, 4) is 5.75 Å². The molecule has 40 heavy (non-hydrogen) atoms. The summed E-state index contributed by atoms with van der Waals surface area (Å²) >= 11 is 0. The predicted molar refractivity (Wildman–Crippen MR) is 137 cm³/mol. The number of benzene rings is 2. The molecule has 1 atom stereocenters. The highest BCUT2D eigenvalue weighted by atomic mass is 19.4. The van der Waals surface area contributed by atoms with Crippen molar-refractivity contribution in [2.75, 3.05) is 19.8 Å². The number of ether oxygens (including phenoxy) is 5. The van der Waals surface area contributed by atoms with Crippen LogP contribution in [0.2, 0.25) is 0 Å². The Morgan fingerprint density at radius 3 is 2.08 bits per heavy atom. The van der Waals surface area contributed by atoms with E-state index in [9.17, 15) is 27.6 Å². The van der Waals surface area contributed by atoms with Gasteiger partial charge in [-0.15, -0.1) is 0 Å². The fourth-order valence-corrected chi connectivity index (χ4v) is 3.98. The maximum absolute atomic E-state index is 13.2. The summed E-state index contributed by atoms with van der Waals surface area (Å²) in [6.45, 7) is 4.73. The first kappa shape index (κ1) is 31.1. The van der Waals surface area contributed by atoms with Gasteiger partial charge in [0.2, 0.25) is 6.10 Å². The molecule has 0 saturated carbocycles. The number of carbonyl (C=O) groups excluding carboxylic acids is 3. The molecule has 0 spiro atoms. The molecule has 1 heterocycles. The van der Waals surface area contributed by atoms with E-state index in [1.54, 1.807) is 24.3 Å². The molecular weight excluding hydrogens is 533 g/mol. The van der Waals surface area contributed by atoms with Gasteiger partial charge in [0.1, 0.15) is 5.75 Å². The molecule has 0 bridgehead atoms. The Balaban J connectivity index is 1.52. The molecule has 0 amide bonds. The molecule has 0 aliphatic carbocycles. The number of carbonyl (C=O) groups is 3. The smallest absolute Gasteiger partial charge is 0.426 e. The zero-order valence-electron chi connectivity index (χ0n) is 22.4. The van der Waals surface area contributed by atoms with Gasteiger partial charge in [0.05, 0.1) is 37.4 Å². The summed E-state index contributed by atoms with van der Waals surface area (Å²) in [5.74, 6) is -2.66. The van der Waals surface area contributed by atoms with Crippen LogP contribution in [0.5, 0.6) is 5.75 Å². The molecule has 2 aromatic rings. The minimum absolute atomic E-state index is 0.0672. The molecular formula is C29H33F3O8. The van der Waals surface area contributed by atoms with Crippen LogP contribution in [-0.4, -0.2) is 50.0 Å². The fraction of sp³-hybridized carbons (Fsp3) is 0.483. The molecule has 2 aromatic carbocycles. The maximum Gasteiger partial charge on any atom is 0.426 e. The Kier molecular flexibility index (Phi) is 11.5. The van der Waals surface area contributed by atoms with Crippen LogP contribution >= 0.6 is 0 Å². The van der Waals surface area contributed by atoms with Crippen molar-refractivity contribution in [3.63, 3.8) is 0 Å². The average Bonchev–Trinajstić information content (AvgIpc) is 2.93. The second kappa shape index (κ2) is 14.8. The second-order valence-corrected chi connectivity index (χ2v) is 9.34. The molecule has 1 aliphatic heterocycles. The highest BCUT2D eigenvalue weighted by Crippen LogP contribution is 2.29. The van der Waals surface area contributed by atoms with Crippen molar-refractivity contribution in [2.45, 2.75) is 64.5 Å². The summed E-state index contributed by atoms with van der Waals surface area (Å²) in [7, 11) is 0. The fourth-order valence-electron chi connectivity index (χ4n) is 3.98. The monoisotopic (exact) mass is 566 g/mol. The average molecular weight is 567 g/mol. The molecule has 3 rings (SSSR count). The molecule has 11 heteroatoms. The predicted octanol–water partition coefficient (Wildman–Crippen LogP) is 6.19. The van der Waals surface area contributed by atoms with E-state index in [1.807, 2.05) is 0 Å². The highest BCUT2D eigenvalue weighted by Gasteiger charge is 2.44. The van der Waals surface area contributed by atoms with Gasteiger partial charge in [-0.2, -0.15) is 13.2 Å². The van der Waals surface area contributed by atoms with Crippen LogP contribution in [0.25, 0.3) is 0 Å². The van der Waals surface area contributed by atoms with Gasteiger partial charge in [0.25, 0.3) is 0 Å². The van der Waals surface area contributed by atoms with E-state index >= 15 is 0 Å². The van der Waals surface area contributed by atoms with E-state index in [-0.39, 0.29) is 23.5 Å². The molecule has 8 nitrogen and oxygen atoms in total. The van der Waals surface area contributed by atoms with E-state index in [1.165, 1.54) is 25.5 Å². The highest BCUT2D eigenvalue weighted by molar-refractivity contribution is 5.92. The minimum atomic E-state index is -4.96. The third-order valence-electron chi connectivity index (χ3n) is 6.17. The van der Waals surface area contributed by atoms with E-state index < -0.39 is 42.9 Å². The molecule has 1 aliphatic rings. The van der Waals surface area contributed by atoms with Gasteiger partial charge < -0.3 is 23.7 Å². The van der Waals surface area contributed by atoms with Crippen LogP contribution in [0.4, 0.5) is 13.2 Å².